The quantitative estimate of drug-likeness (QED) is 0.681. The molecule has 3 rings (SSSR count). The molecule has 2 heterocycles. The monoisotopic (exact) mass is 436 g/mol. The maximum absolute atomic E-state index is 12.6. The van der Waals surface area contributed by atoms with Crippen LogP contribution in [0, 0.1) is 0 Å². The van der Waals surface area contributed by atoms with Crippen molar-refractivity contribution in [3.63, 3.8) is 0 Å². The van der Waals surface area contributed by atoms with E-state index in [-0.39, 0.29) is 23.0 Å². The molecular weight excluding hydrogens is 408 g/mol. The molecule has 1 aromatic heterocycles. The molecule has 1 aliphatic heterocycles. The summed E-state index contributed by atoms with van der Waals surface area (Å²) >= 11 is 0. The Kier molecular flexibility index (Phi) is 6.72. The van der Waals surface area contributed by atoms with Crippen LogP contribution in [-0.2, 0) is 10.0 Å². The van der Waals surface area contributed by atoms with E-state index in [4.69, 9.17) is 13.9 Å². The number of nitrogens with one attached hydrogen (secondary N) is 1. The molecular formula is C21H28N2O6S. The third kappa shape index (κ3) is 4.79. The molecule has 164 valence electrons. The number of amides is 1. The number of rotatable bonds is 8. The van der Waals surface area contributed by atoms with Gasteiger partial charge in [-0.3, -0.25) is 4.79 Å². The average Bonchev–Trinajstić information content (AvgIpc) is 3.40. The zero-order chi connectivity index (χ0) is 21.9. The molecule has 1 fully saturated rings. The van der Waals surface area contributed by atoms with E-state index in [1.165, 1.54) is 16.4 Å². The van der Waals surface area contributed by atoms with E-state index in [2.05, 4.69) is 5.32 Å². The second kappa shape index (κ2) is 9.09. The zero-order valence-corrected chi connectivity index (χ0v) is 18.5. The molecule has 1 unspecified atom stereocenters. The number of nitrogens with zero attached hydrogens (tertiary/aromatic N) is 1. The van der Waals surface area contributed by atoms with Gasteiger partial charge in [-0.1, -0.05) is 6.07 Å². The molecule has 8 nitrogen and oxygen atoms in total. The second-order valence-electron chi connectivity index (χ2n) is 7.50. The highest BCUT2D eigenvalue weighted by Crippen LogP contribution is 2.31. The summed E-state index contributed by atoms with van der Waals surface area (Å²) in [6.07, 6.45) is 1.66. The molecule has 1 atom stereocenters. The minimum absolute atomic E-state index is 0.00635. The van der Waals surface area contributed by atoms with Crippen LogP contribution in [0.1, 0.15) is 55.8 Å². The highest BCUT2D eigenvalue weighted by Gasteiger charge is 2.30. The first kappa shape index (κ1) is 22.2. The number of sulfonamides is 1. The van der Waals surface area contributed by atoms with Crippen LogP contribution in [0.5, 0.6) is 11.5 Å². The Morgan fingerprint density at radius 2 is 1.80 bits per heavy atom. The van der Waals surface area contributed by atoms with Gasteiger partial charge in [0.2, 0.25) is 5.09 Å². The van der Waals surface area contributed by atoms with E-state index in [1.54, 1.807) is 19.2 Å². The Labute approximate surface area is 177 Å². The summed E-state index contributed by atoms with van der Waals surface area (Å²) < 4.78 is 43.0. The summed E-state index contributed by atoms with van der Waals surface area (Å²) in [7, 11) is -2.14. The van der Waals surface area contributed by atoms with Gasteiger partial charge >= 0.3 is 0 Å². The standard InChI is InChI=1S/C21H28N2O6S/c1-14(2)28-17-8-7-16(13-19(17)27-4)15(3)22-21(24)18-9-10-20(29-18)30(25,26)23-11-5-6-12-23/h7-10,13-15H,5-6,11-12H2,1-4H3,(H,22,24). The molecule has 0 spiro atoms. The van der Waals surface area contributed by atoms with Gasteiger partial charge < -0.3 is 19.2 Å². The van der Waals surface area contributed by atoms with Crippen LogP contribution < -0.4 is 14.8 Å². The summed E-state index contributed by atoms with van der Waals surface area (Å²) in [4.78, 5) is 12.6. The van der Waals surface area contributed by atoms with Crippen LogP contribution in [0.3, 0.4) is 0 Å². The number of hydrogen-bond acceptors (Lipinski definition) is 6. The minimum atomic E-state index is -3.70. The molecule has 0 aliphatic carbocycles. The molecule has 1 saturated heterocycles. The van der Waals surface area contributed by atoms with Crippen LogP contribution in [0.4, 0.5) is 0 Å². The van der Waals surface area contributed by atoms with Crippen molar-refractivity contribution in [2.24, 2.45) is 0 Å². The van der Waals surface area contributed by atoms with Gasteiger partial charge in [0.1, 0.15) is 0 Å². The van der Waals surface area contributed by atoms with Crippen LogP contribution in [0.2, 0.25) is 0 Å². The fraction of sp³-hybridized carbons (Fsp3) is 0.476. The van der Waals surface area contributed by atoms with Gasteiger partial charge in [-0.2, -0.15) is 4.31 Å². The molecule has 0 saturated carbocycles. The van der Waals surface area contributed by atoms with Crippen molar-refractivity contribution in [2.45, 2.75) is 50.9 Å². The summed E-state index contributed by atoms with van der Waals surface area (Å²) in [6.45, 7) is 6.62. The normalized spacial score (nSPS) is 15.9. The first-order chi connectivity index (χ1) is 14.2. The van der Waals surface area contributed by atoms with Crippen LogP contribution >= 0.6 is 0 Å². The summed E-state index contributed by atoms with van der Waals surface area (Å²) in [5.74, 6) is 0.648. The SMILES string of the molecule is COc1cc(C(C)NC(=O)c2ccc(S(=O)(=O)N3CCCC3)o2)ccc1OC(C)C. The Balaban J connectivity index is 1.71. The van der Waals surface area contributed by atoms with Crippen molar-refractivity contribution in [3.05, 3.63) is 41.7 Å². The molecule has 1 aliphatic rings. The Morgan fingerprint density at radius 3 is 2.43 bits per heavy atom. The van der Waals surface area contributed by atoms with Crippen molar-refractivity contribution >= 4 is 15.9 Å². The lowest BCUT2D eigenvalue weighted by Gasteiger charge is -2.18. The predicted octanol–water partition coefficient (Wildman–Crippen LogP) is 3.35. The van der Waals surface area contributed by atoms with E-state index in [9.17, 15) is 13.2 Å². The fourth-order valence-corrected chi connectivity index (χ4v) is 4.72. The van der Waals surface area contributed by atoms with Gasteiger partial charge in [0.15, 0.2) is 17.3 Å². The average molecular weight is 437 g/mol. The lowest BCUT2D eigenvalue weighted by Crippen LogP contribution is -2.28. The summed E-state index contributed by atoms with van der Waals surface area (Å²) in [5.41, 5.74) is 0.813. The molecule has 1 N–H and O–H groups in total. The Hall–Kier alpha value is -2.52. The molecule has 2 aromatic rings. The highest BCUT2D eigenvalue weighted by atomic mass is 32.2. The van der Waals surface area contributed by atoms with Gasteiger partial charge in [0, 0.05) is 13.1 Å². The maximum Gasteiger partial charge on any atom is 0.287 e. The first-order valence-electron chi connectivity index (χ1n) is 9.98. The summed E-state index contributed by atoms with van der Waals surface area (Å²) in [5, 5.41) is 2.61. The van der Waals surface area contributed by atoms with E-state index in [1.807, 2.05) is 26.8 Å². The number of benzene rings is 1. The molecule has 0 bridgehead atoms. The van der Waals surface area contributed by atoms with Crippen molar-refractivity contribution in [1.29, 1.82) is 0 Å². The van der Waals surface area contributed by atoms with Gasteiger partial charge in [-0.25, -0.2) is 8.42 Å². The number of hydrogen-bond donors (Lipinski definition) is 1. The third-order valence-electron chi connectivity index (χ3n) is 4.86. The molecule has 9 heteroatoms. The van der Waals surface area contributed by atoms with E-state index in [0.717, 1.165) is 18.4 Å². The lowest BCUT2D eigenvalue weighted by molar-refractivity contribution is 0.0906. The van der Waals surface area contributed by atoms with Crippen LogP contribution in [0.25, 0.3) is 0 Å². The fourth-order valence-electron chi connectivity index (χ4n) is 3.29. The van der Waals surface area contributed by atoms with Gasteiger partial charge in [0.05, 0.1) is 19.3 Å². The van der Waals surface area contributed by atoms with Crippen LogP contribution in [0.15, 0.2) is 39.8 Å². The van der Waals surface area contributed by atoms with Crippen molar-refractivity contribution in [1.82, 2.24) is 9.62 Å². The molecule has 30 heavy (non-hydrogen) atoms. The lowest BCUT2D eigenvalue weighted by atomic mass is 10.1. The first-order valence-corrected chi connectivity index (χ1v) is 11.4. The van der Waals surface area contributed by atoms with Gasteiger partial charge in [-0.05, 0) is 63.4 Å². The number of ether oxygens (including phenoxy) is 2. The second-order valence-corrected chi connectivity index (χ2v) is 9.37. The maximum atomic E-state index is 12.6. The van der Waals surface area contributed by atoms with E-state index >= 15 is 0 Å². The smallest absolute Gasteiger partial charge is 0.287 e. The van der Waals surface area contributed by atoms with Gasteiger partial charge in [-0.15, -0.1) is 0 Å². The molecule has 0 radical (unpaired) electrons. The number of carbonyl (C=O) groups is 1. The van der Waals surface area contributed by atoms with Crippen molar-refractivity contribution in [3.8, 4) is 11.5 Å². The minimum Gasteiger partial charge on any atom is -0.493 e. The largest absolute Gasteiger partial charge is 0.493 e. The van der Waals surface area contributed by atoms with E-state index in [0.29, 0.717) is 24.6 Å². The van der Waals surface area contributed by atoms with Crippen LogP contribution in [-0.4, -0.2) is 44.9 Å². The molecule has 1 amide bonds. The molecule has 1 aromatic carbocycles. The number of furan rings is 1. The topological polar surface area (TPSA) is 98.1 Å². The van der Waals surface area contributed by atoms with E-state index < -0.39 is 15.9 Å². The van der Waals surface area contributed by atoms with Gasteiger partial charge in [0.25, 0.3) is 15.9 Å². The van der Waals surface area contributed by atoms with Crippen molar-refractivity contribution in [2.75, 3.05) is 20.2 Å². The zero-order valence-electron chi connectivity index (χ0n) is 17.7. The Morgan fingerprint density at radius 1 is 1.10 bits per heavy atom. The number of carbonyl (C=O) groups excluding carboxylic acids is 1. The third-order valence-corrected chi connectivity index (χ3v) is 6.64. The van der Waals surface area contributed by atoms with Crippen molar-refractivity contribution < 1.29 is 27.1 Å². The predicted molar refractivity (Wildman–Crippen MR) is 111 cm³/mol. The highest BCUT2D eigenvalue weighted by molar-refractivity contribution is 7.89. The Bertz CT molecular complexity index is 993. The summed E-state index contributed by atoms with van der Waals surface area (Å²) in [6, 6.07) is 7.79. The number of methoxy groups -OCH3 is 1.